The number of thiazole rings is 1. The number of amides is 1. The minimum absolute atomic E-state index is 0. The number of aromatic nitrogens is 2. The number of anilines is 1. The maximum Gasteiger partial charge on any atom is 1.00 e. The van der Waals surface area contributed by atoms with E-state index < -0.39 is 17.6 Å². The van der Waals surface area contributed by atoms with Gasteiger partial charge in [-0.3, -0.25) is 4.79 Å². The molecule has 1 aliphatic heterocycles. The molecule has 2 aromatic rings. The maximum atomic E-state index is 12.4. The number of aromatic carboxylic acids is 2. The summed E-state index contributed by atoms with van der Waals surface area (Å²) in [6.07, 6.45) is 0. The second kappa shape index (κ2) is 8.09. The molecular weight excluding hydrogens is 454 g/mol. The van der Waals surface area contributed by atoms with Gasteiger partial charge in [0.15, 0.2) is 10.8 Å². The Labute approximate surface area is 200 Å². The molecule has 0 aromatic carbocycles. The Balaban J connectivity index is 0.00000240. The van der Waals surface area contributed by atoms with E-state index in [2.05, 4.69) is 15.3 Å². The van der Waals surface area contributed by atoms with Crippen molar-refractivity contribution in [3.05, 3.63) is 32.0 Å². The van der Waals surface area contributed by atoms with Crippen molar-refractivity contribution in [2.75, 3.05) is 18.0 Å². The van der Waals surface area contributed by atoms with Crippen molar-refractivity contribution in [3.63, 3.8) is 0 Å². The van der Waals surface area contributed by atoms with Crippen molar-refractivity contribution in [2.24, 2.45) is 11.8 Å². The number of nitrogens with zero attached hydrogens (tertiary/aromatic N) is 2. The molecule has 4 rings (SSSR count). The Kier molecular flexibility index (Phi) is 6.24. The van der Waals surface area contributed by atoms with Crippen LogP contribution in [0.1, 0.15) is 36.3 Å². The molecule has 1 saturated heterocycles. The second-order valence-electron chi connectivity index (χ2n) is 6.77. The number of carboxylic acid groups (broad SMARTS) is 2. The fraction of sp³-hybridized carbons (Fsp3) is 0.375. The number of carbonyl (C=O) groups is 3. The third-order valence-corrected chi connectivity index (χ3v) is 7.11. The molecule has 148 valence electrons. The standard InChI is InChI=1S/C16H14Cl2N4O5S.Na/c1-4-7(17)8(18)10(19-4)13(23)20-9-5-2-22(3-6(5)9)16-21-11(14(24)25)12(28-16)15(26)27;/h5-6,9,19H,2-3H2,1H3,(H,20,23)(H,24,25)(H,26,27);/q;+1/t5-,6+,9?;. The number of piperidine rings is 1. The summed E-state index contributed by atoms with van der Waals surface area (Å²) in [5.74, 6) is -2.65. The number of hydrogen-bond acceptors (Lipinski definition) is 6. The number of rotatable bonds is 5. The third-order valence-electron chi connectivity index (χ3n) is 5.06. The SMILES string of the molecule is Cc1[nH]c(C(=O)NC2[C@H]3CN(c4nc(C(=O)O)c(C(=O)O)s4)C[C@@H]23)c(Cl)c1Cl.[Na+]. The van der Waals surface area contributed by atoms with Crippen LogP contribution in [0.3, 0.4) is 0 Å². The van der Waals surface area contributed by atoms with E-state index in [-0.39, 0.29) is 68.9 Å². The van der Waals surface area contributed by atoms with Crippen LogP contribution >= 0.6 is 34.5 Å². The number of fused-ring (bicyclic) bond motifs is 1. The largest absolute Gasteiger partial charge is 1.00 e. The number of hydrogen-bond donors (Lipinski definition) is 4. The first-order valence-electron chi connectivity index (χ1n) is 8.25. The van der Waals surface area contributed by atoms with E-state index in [1.165, 1.54) is 0 Å². The van der Waals surface area contributed by atoms with Gasteiger partial charge in [-0.2, -0.15) is 0 Å². The van der Waals surface area contributed by atoms with Crippen LogP contribution < -0.4 is 39.8 Å². The molecule has 3 atom stereocenters. The Morgan fingerprint density at radius 2 is 1.79 bits per heavy atom. The number of aromatic amines is 1. The molecule has 2 aromatic heterocycles. The average Bonchev–Trinajstić information content (AvgIpc) is 3.06. The molecule has 2 fully saturated rings. The number of carbonyl (C=O) groups excluding carboxylic acids is 1. The number of carboxylic acids is 2. The molecular formula is C16H14Cl2N4NaO5S+. The zero-order valence-electron chi connectivity index (χ0n) is 15.3. The van der Waals surface area contributed by atoms with Gasteiger partial charge < -0.3 is 25.4 Å². The topological polar surface area (TPSA) is 136 Å². The number of halogens is 2. The monoisotopic (exact) mass is 467 g/mol. The predicted molar refractivity (Wildman–Crippen MR) is 102 cm³/mol. The van der Waals surface area contributed by atoms with Crippen LogP contribution in [0.2, 0.25) is 10.0 Å². The number of aryl methyl sites for hydroxylation is 1. The van der Waals surface area contributed by atoms with E-state index in [4.69, 9.17) is 33.4 Å². The summed E-state index contributed by atoms with van der Waals surface area (Å²) in [7, 11) is 0. The molecule has 2 aliphatic rings. The van der Waals surface area contributed by atoms with Crippen molar-refractivity contribution in [1.82, 2.24) is 15.3 Å². The molecule has 1 amide bonds. The molecule has 9 nitrogen and oxygen atoms in total. The summed E-state index contributed by atoms with van der Waals surface area (Å²) in [6, 6.07) is -0.0277. The molecule has 3 heterocycles. The number of H-pyrrole nitrogens is 1. The molecule has 4 N–H and O–H groups in total. The van der Waals surface area contributed by atoms with Crippen LogP contribution in [-0.2, 0) is 0 Å². The quantitative estimate of drug-likeness (QED) is 0.429. The second-order valence-corrected chi connectivity index (χ2v) is 8.50. The van der Waals surface area contributed by atoms with Gasteiger partial charge in [0.1, 0.15) is 10.6 Å². The van der Waals surface area contributed by atoms with Gasteiger partial charge in [0.2, 0.25) is 0 Å². The van der Waals surface area contributed by atoms with Gasteiger partial charge in [0.25, 0.3) is 5.91 Å². The van der Waals surface area contributed by atoms with Gasteiger partial charge in [0.05, 0.1) is 10.0 Å². The van der Waals surface area contributed by atoms with Gasteiger partial charge in [-0.05, 0) is 6.92 Å². The minimum Gasteiger partial charge on any atom is -0.477 e. The van der Waals surface area contributed by atoms with Gasteiger partial charge >= 0.3 is 41.5 Å². The van der Waals surface area contributed by atoms with Crippen molar-refractivity contribution < 1.29 is 54.2 Å². The maximum absolute atomic E-state index is 12.4. The summed E-state index contributed by atoms with van der Waals surface area (Å²) in [6.45, 7) is 2.83. The van der Waals surface area contributed by atoms with Crippen LogP contribution in [0.15, 0.2) is 0 Å². The van der Waals surface area contributed by atoms with E-state index in [9.17, 15) is 14.4 Å². The van der Waals surface area contributed by atoms with Crippen LogP contribution in [0.4, 0.5) is 5.13 Å². The number of nitrogens with one attached hydrogen (secondary N) is 2. The fourth-order valence-corrected chi connectivity index (χ4v) is 4.91. The van der Waals surface area contributed by atoms with Gasteiger partial charge in [-0.15, -0.1) is 0 Å². The predicted octanol–water partition coefficient (Wildman–Crippen LogP) is -0.649. The molecule has 0 bridgehead atoms. The van der Waals surface area contributed by atoms with Crippen molar-refractivity contribution in [2.45, 2.75) is 13.0 Å². The molecule has 0 spiro atoms. The molecule has 13 heteroatoms. The first-order chi connectivity index (χ1) is 13.2. The molecule has 1 unspecified atom stereocenters. The summed E-state index contributed by atoms with van der Waals surface area (Å²) in [5.41, 5.74) is 0.390. The zero-order chi connectivity index (χ0) is 20.3. The molecule has 29 heavy (non-hydrogen) atoms. The Morgan fingerprint density at radius 3 is 2.24 bits per heavy atom. The van der Waals surface area contributed by atoms with Crippen LogP contribution in [0, 0.1) is 18.8 Å². The van der Waals surface area contributed by atoms with Gasteiger partial charge in [-0.25, -0.2) is 14.6 Å². The van der Waals surface area contributed by atoms with Crippen molar-refractivity contribution in [1.29, 1.82) is 0 Å². The van der Waals surface area contributed by atoms with E-state index >= 15 is 0 Å². The van der Waals surface area contributed by atoms with Crippen LogP contribution in [0.25, 0.3) is 0 Å². The molecule has 1 saturated carbocycles. The average molecular weight is 468 g/mol. The van der Waals surface area contributed by atoms with E-state index in [1.54, 1.807) is 6.92 Å². The summed E-state index contributed by atoms with van der Waals surface area (Å²) >= 11 is 12.9. The smallest absolute Gasteiger partial charge is 0.477 e. The van der Waals surface area contributed by atoms with Crippen LogP contribution in [0.5, 0.6) is 0 Å². The summed E-state index contributed by atoms with van der Waals surface area (Å²) < 4.78 is 0. The first kappa shape index (κ1) is 22.4. The fourth-order valence-electron chi connectivity index (χ4n) is 3.58. The van der Waals surface area contributed by atoms with Gasteiger partial charge in [-0.1, -0.05) is 34.5 Å². The first-order valence-corrected chi connectivity index (χ1v) is 9.83. The Morgan fingerprint density at radius 1 is 1.17 bits per heavy atom. The summed E-state index contributed by atoms with van der Waals surface area (Å²) in [4.78, 5) is 43.2. The Bertz CT molecular complexity index is 982. The Hall–Kier alpha value is -1.30. The zero-order valence-corrected chi connectivity index (χ0v) is 19.7. The third kappa shape index (κ3) is 3.89. The van der Waals surface area contributed by atoms with Crippen molar-refractivity contribution >= 4 is 57.5 Å². The van der Waals surface area contributed by atoms with E-state index in [1.807, 2.05) is 4.90 Å². The summed E-state index contributed by atoms with van der Waals surface area (Å²) in [5, 5.41) is 22.1. The normalized spacial score (nSPS) is 22.0. The molecule has 0 radical (unpaired) electrons. The minimum atomic E-state index is -1.37. The van der Waals surface area contributed by atoms with E-state index in [0.717, 1.165) is 11.3 Å². The van der Waals surface area contributed by atoms with Gasteiger partial charge in [0, 0.05) is 36.7 Å². The van der Waals surface area contributed by atoms with Crippen molar-refractivity contribution in [3.8, 4) is 0 Å². The van der Waals surface area contributed by atoms with E-state index in [0.29, 0.717) is 28.9 Å². The van der Waals surface area contributed by atoms with Crippen LogP contribution in [-0.4, -0.2) is 57.2 Å². The molecule has 1 aliphatic carbocycles.